The van der Waals surface area contributed by atoms with Crippen LogP contribution >= 0.6 is 11.6 Å². The Balaban J connectivity index is 2.07. The number of esters is 1. The van der Waals surface area contributed by atoms with E-state index < -0.39 is 28.0 Å². The third-order valence-electron chi connectivity index (χ3n) is 3.39. The molecule has 0 aromatic heterocycles. The zero-order valence-electron chi connectivity index (χ0n) is 14.0. The molecule has 138 valence electrons. The summed E-state index contributed by atoms with van der Waals surface area (Å²) >= 11 is 5.84. The maximum atomic E-state index is 12.2. The molecule has 0 aliphatic rings. The summed E-state index contributed by atoms with van der Waals surface area (Å²) in [4.78, 5) is 24.2. The summed E-state index contributed by atoms with van der Waals surface area (Å²) in [6.07, 6.45) is -1.09. The van der Waals surface area contributed by atoms with Gasteiger partial charge in [-0.1, -0.05) is 23.7 Å². The second kappa shape index (κ2) is 8.31. The van der Waals surface area contributed by atoms with Crippen molar-refractivity contribution in [3.8, 4) is 0 Å². The van der Waals surface area contributed by atoms with Crippen molar-refractivity contribution in [3.63, 3.8) is 0 Å². The van der Waals surface area contributed by atoms with Crippen LogP contribution in [0, 0.1) is 0 Å². The molecule has 0 aliphatic carbocycles. The fourth-order valence-electron chi connectivity index (χ4n) is 2.00. The number of amides is 1. The average molecular weight is 397 g/mol. The van der Waals surface area contributed by atoms with Crippen LogP contribution < -0.4 is 10.0 Å². The largest absolute Gasteiger partial charge is 0.449 e. The highest BCUT2D eigenvalue weighted by Crippen LogP contribution is 2.16. The second-order valence-corrected chi connectivity index (χ2v) is 7.61. The maximum Gasteiger partial charge on any atom is 0.338 e. The number of benzene rings is 2. The minimum atomic E-state index is -3.69. The van der Waals surface area contributed by atoms with Crippen molar-refractivity contribution < 1.29 is 22.7 Å². The quantitative estimate of drug-likeness (QED) is 0.730. The van der Waals surface area contributed by atoms with Gasteiger partial charge in [-0.2, -0.15) is 0 Å². The van der Waals surface area contributed by atoms with Crippen molar-refractivity contribution in [1.82, 2.24) is 4.72 Å². The lowest BCUT2D eigenvalue weighted by Crippen LogP contribution is -2.30. The summed E-state index contributed by atoms with van der Waals surface area (Å²) in [6, 6.07) is 11.9. The van der Waals surface area contributed by atoms with Crippen LogP contribution in [0.4, 0.5) is 5.69 Å². The van der Waals surface area contributed by atoms with Gasteiger partial charge in [0.2, 0.25) is 10.0 Å². The molecule has 1 amide bonds. The van der Waals surface area contributed by atoms with Crippen molar-refractivity contribution in [1.29, 1.82) is 0 Å². The summed E-state index contributed by atoms with van der Waals surface area (Å²) in [6.45, 7) is 1.41. The highest BCUT2D eigenvalue weighted by molar-refractivity contribution is 7.89. The highest BCUT2D eigenvalue weighted by Gasteiger charge is 2.21. The molecule has 7 nitrogen and oxygen atoms in total. The lowest BCUT2D eigenvalue weighted by atomic mass is 10.2. The Kier molecular flexibility index (Phi) is 6.36. The number of carbonyl (C=O) groups excluding carboxylic acids is 2. The number of sulfonamides is 1. The van der Waals surface area contributed by atoms with Gasteiger partial charge >= 0.3 is 5.97 Å². The Morgan fingerprint density at radius 1 is 1.12 bits per heavy atom. The van der Waals surface area contributed by atoms with E-state index in [-0.39, 0.29) is 10.5 Å². The molecule has 0 bridgehead atoms. The topological polar surface area (TPSA) is 102 Å². The number of nitrogens with one attached hydrogen (secondary N) is 2. The molecule has 0 spiro atoms. The van der Waals surface area contributed by atoms with Crippen LogP contribution in [0.1, 0.15) is 17.3 Å². The SMILES string of the molecule is CNS(=O)(=O)c1cccc(C(=O)OC(C)C(=O)Nc2cccc(Cl)c2)c1. The van der Waals surface area contributed by atoms with Gasteiger partial charge in [0.25, 0.3) is 5.91 Å². The molecular weight excluding hydrogens is 380 g/mol. The molecule has 2 rings (SSSR count). The van der Waals surface area contributed by atoms with E-state index in [1.165, 1.54) is 38.2 Å². The van der Waals surface area contributed by atoms with Gasteiger partial charge < -0.3 is 10.1 Å². The lowest BCUT2D eigenvalue weighted by Gasteiger charge is -2.14. The highest BCUT2D eigenvalue weighted by atomic mass is 35.5. The van der Waals surface area contributed by atoms with Crippen LogP contribution in [0.3, 0.4) is 0 Å². The Morgan fingerprint density at radius 2 is 1.81 bits per heavy atom. The maximum absolute atomic E-state index is 12.2. The van der Waals surface area contributed by atoms with Crippen molar-refractivity contribution in [3.05, 3.63) is 59.1 Å². The van der Waals surface area contributed by atoms with E-state index >= 15 is 0 Å². The zero-order valence-corrected chi connectivity index (χ0v) is 15.6. The Bertz CT molecular complexity index is 930. The minimum absolute atomic E-state index is 0.0173. The smallest absolute Gasteiger partial charge is 0.338 e. The molecule has 0 heterocycles. The van der Waals surface area contributed by atoms with E-state index in [4.69, 9.17) is 16.3 Å². The number of anilines is 1. The molecule has 26 heavy (non-hydrogen) atoms. The van der Waals surface area contributed by atoms with Gasteiger partial charge in [0.05, 0.1) is 10.5 Å². The van der Waals surface area contributed by atoms with Crippen LogP contribution in [0.25, 0.3) is 0 Å². The van der Waals surface area contributed by atoms with Crippen LogP contribution in [0.5, 0.6) is 0 Å². The number of ether oxygens (including phenoxy) is 1. The first kappa shape index (κ1) is 19.9. The van der Waals surface area contributed by atoms with Crippen LogP contribution in [0.2, 0.25) is 5.02 Å². The van der Waals surface area contributed by atoms with E-state index in [2.05, 4.69) is 10.0 Å². The molecular formula is C17H17ClN2O5S. The minimum Gasteiger partial charge on any atom is -0.449 e. The normalized spacial score (nSPS) is 12.3. The molecule has 1 atom stereocenters. The van der Waals surface area contributed by atoms with Crippen LogP contribution in [-0.2, 0) is 19.6 Å². The van der Waals surface area contributed by atoms with Gasteiger partial charge in [-0.3, -0.25) is 4.79 Å². The van der Waals surface area contributed by atoms with Crippen molar-refractivity contribution in [2.75, 3.05) is 12.4 Å². The summed E-state index contributed by atoms with van der Waals surface area (Å²) < 4.78 is 30.9. The Hall–Kier alpha value is -2.42. The van der Waals surface area contributed by atoms with Gasteiger partial charge in [-0.25, -0.2) is 17.9 Å². The monoisotopic (exact) mass is 396 g/mol. The third kappa shape index (κ3) is 5.04. The summed E-state index contributed by atoms with van der Waals surface area (Å²) in [7, 11) is -2.43. The van der Waals surface area contributed by atoms with E-state index in [0.717, 1.165) is 0 Å². The lowest BCUT2D eigenvalue weighted by molar-refractivity contribution is -0.123. The van der Waals surface area contributed by atoms with Gasteiger partial charge in [0.1, 0.15) is 0 Å². The van der Waals surface area contributed by atoms with Crippen LogP contribution in [0.15, 0.2) is 53.4 Å². The standard InChI is InChI=1S/C17H17ClN2O5S/c1-11(16(21)20-14-7-4-6-13(18)10-14)25-17(22)12-5-3-8-15(9-12)26(23,24)19-2/h3-11,19H,1-2H3,(H,20,21). The second-order valence-electron chi connectivity index (χ2n) is 5.28. The zero-order chi connectivity index (χ0) is 19.3. The third-order valence-corrected chi connectivity index (χ3v) is 5.04. The number of carbonyl (C=O) groups is 2. The summed E-state index contributed by atoms with van der Waals surface area (Å²) in [5.74, 6) is -1.36. The van der Waals surface area contributed by atoms with Crippen molar-refractivity contribution in [2.45, 2.75) is 17.9 Å². The van der Waals surface area contributed by atoms with Gasteiger partial charge in [0.15, 0.2) is 6.10 Å². The molecule has 0 saturated carbocycles. The average Bonchev–Trinajstić information content (AvgIpc) is 2.61. The van der Waals surface area contributed by atoms with E-state index in [9.17, 15) is 18.0 Å². The van der Waals surface area contributed by atoms with Crippen LogP contribution in [-0.4, -0.2) is 33.4 Å². The molecule has 2 N–H and O–H groups in total. The molecule has 1 unspecified atom stereocenters. The van der Waals surface area contributed by atoms with Crippen molar-refractivity contribution >= 4 is 39.2 Å². The number of rotatable bonds is 6. The van der Waals surface area contributed by atoms with E-state index in [0.29, 0.717) is 10.7 Å². The molecule has 0 fully saturated rings. The van der Waals surface area contributed by atoms with Crippen molar-refractivity contribution in [2.24, 2.45) is 0 Å². The van der Waals surface area contributed by atoms with Gasteiger partial charge in [-0.15, -0.1) is 0 Å². The number of hydrogen-bond donors (Lipinski definition) is 2. The molecule has 2 aromatic rings. The molecule has 9 heteroatoms. The number of halogens is 1. The predicted molar refractivity (Wildman–Crippen MR) is 97.6 cm³/mol. The fraction of sp³-hybridized carbons (Fsp3) is 0.176. The predicted octanol–water partition coefficient (Wildman–Crippen LogP) is 2.43. The summed E-state index contributed by atoms with van der Waals surface area (Å²) in [5, 5.41) is 3.03. The molecule has 0 aliphatic heterocycles. The molecule has 0 radical (unpaired) electrons. The first-order valence-electron chi connectivity index (χ1n) is 7.54. The fourth-order valence-corrected chi connectivity index (χ4v) is 2.97. The van der Waals surface area contributed by atoms with E-state index in [1.807, 2.05) is 0 Å². The molecule has 2 aromatic carbocycles. The van der Waals surface area contributed by atoms with Gasteiger partial charge in [0, 0.05) is 10.7 Å². The Morgan fingerprint density at radius 3 is 2.46 bits per heavy atom. The molecule has 0 saturated heterocycles. The van der Waals surface area contributed by atoms with E-state index in [1.54, 1.807) is 24.3 Å². The Labute approximate surface area is 156 Å². The number of hydrogen-bond acceptors (Lipinski definition) is 5. The van der Waals surface area contributed by atoms with Gasteiger partial charge in [-0.05, 0) is 50.4 Å². The first-order chi connectivity index (χ1) is 12.2. The first-order valence-corrected chi connectivity index (χ1v) is 9.40. The summed E-state index contributed by atoms with van der Waals surface area (Å²) in [5.41, 5.74) is 0.483.